The van der Waals surface area contributed by atoms with E-state index in [9.17, 15) is 4.79 Å². The van der Waals surface area contributed by atoms with E-state index < -0.39 is 5.60 Å². The van der Waals surface area contributed by atoms with Gasteiger partial charge in [0.15, 0.2) is 5.96 Å². The molecular weight excluding hydrogens is 342 g/mol. The molecule has 1 aliphatic rings. The second-order valence-electron chi connectivity index (χ2n) is 8.35. The molecule has 1 rings (SSSR count). The molecule has 1 unspecified atom stereocenters. The first-order valence-corrected chi connectivity index (χ1v) is 10.5. The maximum atomic E-state index is 12.0. The highest BCUT2D eigenvalue weighted by Gasteiger charge is 2.21. The topological polar surface area (TPSA) is 78.0 Å². The summed E-state index contributed by atoms with van der Waals surface area (Å²) in [5.74, 6) is 0.802. The highest BCUT2D eigenvalue weighted by atomic mass is 16.6. The summed E-state index contributed by atoms with van der Waals surface area (Å²) in [4.78, 5) is 18.9. The normalized spacial score (nSPS) is 18.1. The van der Waals surface area contributed by atoms with Gasteiger partial charge in [0.2, 0.25) is 0 Å². The fourth-order valence-electron chi connectivity index (χ4n) is 3.27. The van der Waals surface area contributed by atoms with Crippen molar-refractivity contribution in [1.29, 1.82) is 0 Å². The number of amides is 1. The van der Waals surface area contributed by atoms with Crippen LogP contribution in [0.4, 0.5) is 4.79 Å². The van der Waals surface area contributed by atoms with Gasteiger partial charge in [0.05, 0.1) is 0 Å². The summed E-state index contributed by atoms with van der Waals surface area (Å²) in [6.45, 7) is 14.1. The van der Waals surface area contributed by atoms with E-state index in [-0.39, 0.29) is 12.1 Å². The summed E-state index contributed by atoms with van der Waals surface area (Å²) in [6.07, 6.45) is 4.99. The highest BCUT2D eigenvalue weighted by Crippen LogP contribution is 2.10. The number of nitrogens with zero attached hydrogens (tertiary/aromatic N) is 2. The molecule has 1 amide bonds. The molecule has 0 aromatic carbocycles. The first-order valence-electron chi connectivity index (χ1n) is 10.5. The molecular formula is C20H41N5O2. The molecule has 7 heteroatoms. The Morgan fingerprint density at radius 2 is 1.89 bits per heavy atom. The minimum absolute atomic E-state index is 0.00908. The summed E-state index contributed by atoms with van der Waals surface area (Å²) in [6, 6.07) is 0.461. The highest BCUT2D eigenvalue weighted by molar-refractivity contribution is 5.80. The fourth-order valence-corrected chi connectivity index (χ4v) is 3.27. The predicted octanol–water partition coefficient (Wildman–Crippen LogP) is 2.72. The van der Waals surface area contributed by atoms with Gasteiger partial charge < -0.3 is 25.6 Å². The summed E-state index contributed by atoms with van der Waals surface area (Å²) in [5.41, 5.74) is -0.488. The Hall–Kier alpha value is -1.50. The van der Waals surface area contributed by atoms with E-state index in [2.05, 4.69) is 39.7 Å². The van der Waals surface area contributed by atoms with Crippen molar-refractivity contribution in [2.75, 3.05) is 33.2 Å². The van der Waals surface area contributed by atoms with E-state index in [4.69, 9.17) is 4.74 Å². The number of hydrogen-bond donors (Lipinski definition) is 3. The van der Waals surface area contributed by atoms with Crippen LogP contribution in [0.25, 0.3) is 0 Å². The minimum atomic E-state index is -0.488. The Bertz CT molecular complexity index is 454. The number of aliphatic imine (C=N–C) groups is 1. The van der Waals surface area contributed by atoms with Crippen LogP contribution >= 0.6 is 0 Å². The largest absolute Gasteiger partial charge is 0.444 e. The minimum Gasteiger partial charge on any atom is -0.444 e. The fraction of sp³-hybridized carbons (Fsp3) is 0.900. The molecule has 158 valence electrons. The number of hydrogen-bond acceptors (Lipinski definition) is 4. The standard InChI is InChI=1S/C20H41N5O2/c1-7-9-17(24-19(26)27-20(3,4)5)15-22-18(21-6)23-16-10-13-25(12-8-2)14-11-16/h16-17H,7-15H2,1-6H3,(H,24,26)(H2,21,22,23). The van der Waals surface area contributed by atoms with E-state index in [0.29, 0.717) is 12.6 Å². The molecule has 0 aromatic heterocycles. The Kier molecular flexibility index (Phi) is 10.5. The van der Waals surface area contributed by atoms with Crippen LogP contribution in [0.15, 0.2) is 4.99 Å². The molecule has 1 saturated heterocycles. The first-order chi connectivity index (χ1) is 12.8. The summed E-state index contributed by atoms with van der Waals surface area (Å²) in [7, 11) is 1.79. The molecule has 1 fully saturated rings. The molecule has 27 heavy (non-hydrogen) atoms. The van der Waals surface area contributed by atoms with Crippen LogP contribution in [0.5, 0.6) is 0 Å². The molecule has 7 nitrogen and oxygen atoms in total. The number of guanidine groups is 1. The first kappa shape index (κ1) is 23.5. The van der Waals surface area contributed by atoms with Gasteiger partial charge in [-0.1, -0.05) is 20.3 Å². The molecule has 0 radical (unpaired) electrons. The van der Waals surface area contributed by atoms with Gasteiger partial charge in [-0.05, 0) is 53.0 Å². The maximum Gasteiger partial charge on any atom is 0.407 e. The zero-order valence-corrected chi connectivity index (χ0v) is 18.2. The van der Waals surface area contributed by atoms with Gasteiger partial charge in [0.1, 0.15) is 5.60 Å². The summed E-state index contributed by atoms with van der Waals surface area (Å²) >= 11 is 0. The van der Waals surface area contributed by atoms with Crippen LogP contribution in [0.1, 0.15) is 66.7 Å². The Morgan fingerprint density at radius 3 is 2.41 bits per heavy atom. The van der Waals surface area contributed by atoms with Gasteiger partial charge in [0.25, 0.3) is 0 Å². The Labute approximate surface area is 165 Å². The van der Waals surface area contributed by atoms with Crippen molar-refractivity contribution in [3.05, 3.63) is 0 Å². The number of nitrogens with one attached hydrogen (secondary N) is 3. The number of carbonyl (C=O) groups excluding carboxylic acids is 1. The number of ether oxygens (including phenoxy) is 1. The van der Waals surface area contributed by atoms with Gasteiger partial charge >= 0.3 is 6.09 Å². The van der Waals surface area contributed by atoms with Gasteiger partial charge in [-0.15, -0.1) is 0 Å². The van der Waals surface area contributed by atoms with Crippen molar-refractivity contribution in [3.8, 4) is 0 Å². The average Bonchev–Trinajstić information content (AvgIpc) is 2.58. The Balaban J connectivity index is 2.42. The number of piperidine rings is 1. The van der Waals surface area contributed by atoms with E-state index in [1.807, 2.05) is 20.8 Å². The SMILES string of the molecule is CCCC(CNC(=NC)NC1CCN(CCC)CC1)NC(=O)OC(C)(C)C. The second kappa shape index (κ2) is 12.1. The van der Waals surface area contributed by atoms with Crippen LogP contribution in [0.3, 0.4) is 0 Å². The zero-order valence-electron chi connectivity index (χ0n) is 18.2. The number of rotatable bonds is 8. The van der Waals surface area contributed by atoms with Crippen LogP contribution in [-0.4, -0.2) is 67.9 Å². The predicted molar refractivity (Wildman–Crippen MR) is 112 cm³/mol. The molecule has 3 N–H and O–H groups in total. The van der Waals surface area contributed by atoms with E-state index in [1.165, 1.54) is 13.0 Å². The Morgan fingerprint density at radius 1 is 1.22 bits per heavy atom. The molecule has 0 spiro atoms. The lowest BCUT2D eigenvalue weighted by Gasteiger charge is -2.33. The number of alkyl carbamates (subject to hydrolysis) is 1. The molecule has 0 aliphatic carbocycles. The zero-order chi connectivity index (χ0) is 20.3. The number of carbonyl (C=O) groups is 1. The molecule has 1 heterocycles. The van der Waals surface area contributed by atoms with Crippen LogP contribution in [-0.2, 0) is 4.74 Å². The van der Waals surface area contributed by atoms with E-state index in [1.54, 1.807) is 7.05 Å². The van der Waals surface area contributed by atoms with Crippen molar-refractivity contribution < 1.29 is 9.53 Å². The van der Waals surface area contributed by atoms with Crippen molar-refractivity contribution in [3.63, 3.8) is 0 Å². The molecule has 0 aromatic rings. The van der Waals surface area contributed by atoms with Gasteiger partial charge in [-0.25, -0.2) is 4.79 Å². The van der Waals surface area contributed by atoms with Crippen LogP contribution < -0.4 is 16.0 Å². The summed E-state index contributed by atoms with van der Waals surface area (Å²) in [5, 5.41) is 9.85. The lowest BCUT2D eigenvalue weighted by Crippen LogP contribution is -2.52. The van der Waals surface area contributed by atoms with Gasteiger partial charge in [-0.2, -0.15) is 0 Å². The van der Waals surface area contributed by atoms with Gasteiger partial charge in [0, 0.05) is 38.8 Å². The maximum absolute atomic E-state index is 12.0. The van der Waals surface area contributed by atoms with Crippen molar-refractivity contribution in [2.24, 2.45) is 4.99 Å². The molecule has 1 atom stereocenters. The quantitative estimate of drug-likeness (QED) is 0.444. The third kappa shape index (κ3) is 10.4. The van der Waals surface area contributed by atoms with E-state index in [0.717, 1.165) is 44.7 Å². The smallest absolute Gasteiger partial charge is 0.407 e. The third-order valence-corrected chi connectivity index (χ3v) is 4.57. The average molecular weight is 384 g/mol. The second-order valence-corrected chi connectivity index (χ2v) is 8.35. The van der Waals surface area contributed by atoms with Crippen molar-refractivity contribution in [1.82, 2.24) is 20.9 Å². The van der Waals surface area contributed by atoms with Crippen LogP contribution in [0, 0.1) is 0 Å². The van der Waals surface area contributed by atoms with Crippen molar-refractivity contribution in [2.45, 2.75) is 84.4 Å². The lowest BCUT2D eigenvalue weighted by atomic mass is 10.1. The van der Waals surface area contributed by atoms with Crippen molar-refractivity contribution >= 4 is 12.1 Å². The number of likely N-dealkylation sites (tertiary alicyclic amines) is 1. The lowest BCUT2D eigenvalue weighted by molar-refractivity contribution is 0.0502. The van der Waals surface area contributed by atoms with Gasteiger partial charge in [-0.3, -0.25) is 4.99 Å². The van der Waals surface area contributed by atoms with E-state index >= 15 is 0 Å². The molecule has 0 bridgehead atoms. The summed E-state index contributed by atoms with van der Waals surface area (Å²) < 4.78 is 5.37. The van der Waals surface area contributed by atoms with Crippen LogP contribution in [0.2, 0.25) is 0 Å². The molecule has 1 aliphatic heterocycles. The monoisotopic (exact) mass is 383 g/mol. The third-order valence-electron chi connectivity index (χ3n) is 4.57. The molecule has 0 saturated carbocycles.